The Morgan fingerprint density at radius 3 is 2.65 bits per heavy atom. The van der Waals surface area contributed by atoms with Gasteiger partial charge < -0.3 is 0 Å². The number of hydrogen-bond acceptors (Lipinski definition) is 1. The van der Waals surface area contributed by atoms with Crippen molar-refractivity contribution in [1.82, 2.24) is 4.98 Å². The van der Waals surface area contributed by atoms with Gasteiger partial charge in [0.1, 0.15) is 0 Å². The van der Waals surface area contributed by atoms with Gasteiger partial charge in [-0.25, -0.2) is 0 Å². The highest BCUT2D eigenvalue weighted by molar-refractivity contribution is 6.71. The Morgan fingerprint density at radius 2 is 1.95 bits per heavy atom. The molecule has 2 aromatic rings. The molecule has 1 heterocycles. The van der Waals surface area contributed by atoms with Crippen molar-refractivity contribution >= 4 is 13.9 Å². The van der Waals surface area contributed by atoms with Crippen molar-refractivity contribution in [2.45, 2.75) is 44.6 Å². The normalized spacial score (nSPS) is 22.9. The summed E-state index contributed by atoms with van der Waals surface area (Å²) < 4.78 is 56.0. The second-order valence-corrected chi connectivity index (χ2v) is 6.67. The van der Waals surface area contributed by atoms with Crippen molar-refractivity contribution in [1.29, 1.82) is 1.23 Å². The molecule has 1 nitrogen and oxygen atoms in total. The molecule has 0 spiro atoms. The summed E-state index contributed by atoms with van der Waals surface area (Å²) in [5, 5.41) is 0.147. The molecule has 0 saturated heterocycles. The first-order chi connectivity index (χ1) is 12.6. The summed E-state index contributed by atoms with van der Waals surface area (Å²) in [4.78, 5) is 4.39. The van der Waals surface area contributed by atoms with Gasteiger partial charge in [-0.1, -0.05) is 56.1 Å². The number of benzene rings is 1. The summed E-state index contributed by atoms with van der Waals surface area (Å²) >= 11 is 0. The van der Waals surface area contributed by atoms with Gasteiger partial charge in [-0.3, -0.25) is 4.98 Å². The maximum absolute atomic E-state index is 8.72. The highest BCUT2D eigenvalue weighted by Gasteiger charge is 2.22. The van der Waals surface area contributed by atoms with E-state index in [9.17, 15) is 0 Å². The number of hydrogen-bond donors (Lipinski definition) is 0. The lowest BCUT2D eigenvalue weighted by Gasteiger charge is -2.18. The van der Waals surface area contributed by atoms with E-state index in [4.69, 9.17) is 9.46 Å². The summed E-state index contributed by atoms with van der Waals surface area (Å²) in [6.07, 6.45) is 5.20. The van der Waals surface area contributed by atoms with Gasteiger partial charge in [0.15, 0.2) is 0 Å². The van der Waals surface area contributed by atoms with Crippen LogP contribution in [0.15, 0.2) is 42.6 Å². The Kier molecular flexibility index (Phi) is 2.24. The molecule has 20 heavy (non-hydrogen) atoms. The summed E-state index contributed by atoms with van der Waals surface area (Å²) in [7, 11) is -4.58. The lowest BCUT2D eigenvalue weighted by atomic mass is 9.96. The van der Waals surface area contributed by atoms with E-state index < -0.39 is 21.7 Å². The van der Waals surface area contributed by atoms with E-state index in [1.54, 1.807) is 0 Å². The molecule has 1 aromatic heterocycles. The van der Waals surface area contributed by atoms with Crippen LogP contribution in [0.5, 0.6) is 0 Å². The Labute approximate surface area is 133 Å². The molecular weight excluding hydrogens is 258 g/mol. The quantitative estimate of drug-likeness (QED) is 0.775. The smallest absolute Gasteiger partial charge is 0.0704 e. The van der Waals surface area contributed by atoms with Crippen LogP contribution < -0.4 is 5.19 Å². The molecule has 1 fully saturated rings. The molecule has 0 unspecified atom stereocenters. The zero-order valence-corrected chi connectivity index (χ0v) is 12.4. The second kappa shape index (κ2) is 5.92. The molecule has 1 aliphatic rings. The third kappa shape index (κ3) is 2.71. The van der Waals surface area contributed by atoms with Crippen molar-refractivity contribution < 1.29 is 8.22 Å². The number of pyridine rings is 1. The van der Waals surface area contributed by atoms with Gasteiger partial charge in [-0.2, -0.15) is 0 Å². The highest BCUT2D eigenvalue weighted by Crippen LogP contribution is 2.34. The van der Waals surface area contributed by atoms with E-state index in [2.05, 4.69) is 4.98 Å². The molecule has 0 aliphatic heterocycles. The fourth-order valence-corrected chi connectivity index (χ4v) is 3.78. The van der Waals surface area contributed by atoms with Gasteiger partial charge in [0, 0.05) is 21.2 Å². The maximum atomic E-state index is 8.72. The zero-order valence-electron chi connectivity index (χ0n) is 18.4. The Balaban J connectivity index is 2.22. The first-order valence-electron chi connectivity index (χ1n) is 10.6. The van der Waals surface area contributed by atoms with E-state index in [0.29, 0.717) is 11.3 Å². The largest absolute Gasteiger partial charge is 0.256 e. The van der Waals surface area contributed by atoms with Crippen molar-refractivity contribution in [3.8, 4) is 11.3 Å². The van der Waals surface area contributed by atoms with Crippen molar-refractivity contribution in [2.24, 2.45) is 0 Å². The molecule has 3 rings (SSSR count). The third-order valence-corrected chi connectivity index (χ3v) is 5.03. The van der Waals surface area contributed by atoms with Crippen LogP contribution in [-0.4, -0.2) is 14.9 Å². The highest BCUT2D eigenvalue weighted by atomic mass is 28.3. The first-order valence-corrected chi connectivity index (χ1v) is 8.61. The molecule has 0 amide bonds. The fraction of sp³-hybridized carbons (Fsp3) is 0.389. The van der Waals surface area contributed by atoms with E-state index >= 15 is 0 Å². The molecule has 1 aromatic carbocycles. The van der Waals surface area contributed by atoms with E-state index in [0.717, 1.165) is 31.2 Å². The van der Waals surface area contributed by atoms with Crippen LogP contribution in [0, 0.1) is 0 Å². The molecular formula is C18H23NSi. The number of aromatic nitrogens is 1. The molecule has 1 saturated carbocycles. The van der Waals surface area contributed by atoms with Crippen LogP contribution >= 0.6 is 0 Å². The Hall–Kier alpha value is -1.41. The predicted molar refractivity (Wildman–Crippen MR) is 89.4 cm³/mol. The average molecular weight is 289 g/mol. The topological polar surface area (TPSA) is 12.9 Å². The van der Waals surface area contributed by atoms with Gasteiger partial charge in [0.25, 0.3) is 0 Å². The summed E-state index contributed by atoms with van der Waals surface area (Å²) in [6, 6.07) is 11.4. The summed E-state index contributed by atoms with van der Waals surface area (Å²) in [6.45, 7) is -5.72. The van der Waals surface area contributed by atoms with Gasteiger partial charge >= 0.3 is 0 Å². The molecule has 0 bridgehead atoms. The first kappa shape index (κ1) is 7.55. The zero-order chi connectivity index (χ0) is 19.9. The van der Waals surface area contributed by atoms with Crippen molar-refractivity contribution in [3.05, 3.63) is 48.2 Å². The van der Waals surface area contributed by atoms with Crippen molar-refractivity contribution in [3.63, 3.8) is 0 Å². The van der Waals surface area contributed by atoms with Gasteiger partial charge in [-0.15, -0.1) is 0 Å². The van der Waals surface area contributed by atoms with Gasteiger partial charge in [0.05, 0.1) is 14.4 Å². The van der Waals surface area contributed by atoms with Crippen molar-refractivity contribution in [2.75, 3.05) is 0 Å². The Morgan fingerprint density at radius 1 is 1.20 bits per heavy atom. The number of rotatable bonds is 3. The molecule has 104 valence electrons. The third-order valence-electron chi connectivity index (χ3n) is 4.07. The predicted octanol–water partition coefficient (Wildman–Crippen LogP) is 4.10. The van der Waals surface area contributed by atoms with Crippen LogP contribution in [0.1, 0.15) is 45.4 Å². The number of nitrogens with zero attached hydrogens (tertiary/aromatic N) is 1. The minimum Gasteiger partial charge on any atom is -0.256 e. The standard InChI is InChI=1S/C18H23NSi/c1-20(2)18-13-19-17(15-10-4-3-5-11-15)12-16(18)14-8-6-7-9-14/h3-5,10-14,20H,6-9H2,1-2H3/i1D3,2D3,20D. The van der Waals surface area contributed by atoms with Crippen LogP contribution in [-0.2, 0) is 0 Å². The Bertz CT molecular complexity index is 782. The maximum Gasteiger partial charge on any atom is 0.0704 e. The molecule has 0 atom stereocenters. The van der Waals surface area contributed by atoms with E-state index in [1.807, 2.05) is 36.4 Å². The summed E-state index contributed by atoms with van der Waals surface area (Å²) in [5.74, 6) is 0.0902. The monoisotopic (exact) mass is 288 g/mol. The summed E-state index contributed by atoms with van der Waals surface area (Å²) in [5.41, 5.74) is 2.28. The van der Waals surface area contributed by atoms with Gasteiger partial charge in [0.2, 0.25) is 0 Å². The average Bonchev–Trinajstić information content (AvgIpc) is 3.14. The van der Waals surface area contributed by atoms with E-state index in [1.165, 1.54) is 6.20 Å². The molecule has 2 heteroatoms. The van der Waals surface area contributed by atoms with Gasteiger partial charge in [-0.05, 0) is 35.6 Å². The fourth-order valence-electron chi connectivity index (χ4n) is 3.02. The molecule has 1 aliphatic carbocycles. The molecule has 0 radical (unpaired) electrons. The van der Waals surface area contributed by atoms with Crippen LogP contribution in [0.4, 0.5) is 0 Å². The second-order valence-electron chi connectivity index (χ2n) is 5.38. The van der Waals surface area contributed by atoms with E-state index in [-0.39, 0.29) is 11.1 Å². The SMILES string of the molecule is [2H]C([2H])([2H])[Si]([2H])(c1cnc(-c2ccccc2)cc1C1CCCC1)C([2H])([2H])[2H]. The van der Waals surface area contributed by atoms with Crippen LogP contribution in [0.2, 0.25) is 13.0 Å². The van der Waals surface area contributed by atoms with Crippen LogP contribution in [0.3, 0.4) is 0 Å². The lowest BCUT2D eigenvalue weighted by molar-refractivity contribution is 0.726. The lowest BCUT2D eigenvalue weighted by Crippen LogP contribution is -2.28. The van der Waals surface area contributed by atoms with Crippen LogP contribution in [0.25, 0.3) is 11.3 Å². The molecule has 0 N–H and O–H groups in total. The minimum atomic E-state index is -4.58. The minimum absolute atomic E-state index is 0.0902.